The summed E-state index contributed by atoms with van der Waals surface area (Å²) < 4.78 is 12.9. The highest BCUT2D eigenvalue weighted by molar-refractivity contribution is 5.90. The van der Waals surface area contributed by atoms with E-state index in [-0.39, 0.29) is 36.4 Å². The van der Waals surface area contributed by atoms with Gasteiger partial charge < -0.3 is 40.3 Å². The minimum absolute atomic E-state index is 0.0338. The van der Waals surface area contributed by atoms with Gasteiger partial charge in [0.05, 0.1) is 24.9 Å². The molecule has 0 radical (unpaired) electrons. The largest absolute Gasteiger partial charge is 0.508 e. The molecule has 4 rings (SSSR count). The molecule has 10 nitrogen and oxygen atoms in total. The molecule has 4 atom stereocenters. The standard InChI is InChI=1S/C35H45N3O7/c1-24(40)36-18-5-3-4-9-34(43)37-29-16-14-27(15-17-29)35-44-31(20-33(45-35)26-12-10-25(23-39)11-13-26)21-38(2)22-32(42)28-7-6-8-30(41)19-28/h6-8,10-17,19,31-33,35,39,41-42H,3-5,9,18,20-23H2,1-2H3,(H,36,40)(H,37,43)/t31-,32-,33+,35+/m1/s1. The number of nitrogens with zero attached hydrogens (tertiary/aromatic N) is 1. The zero-order valence-corrected chi connectivity index (χ0v) is 26.0. The summed E-state index contributed by atoms with van der Waals surface area (Å²) in [6.07, 6.45) is 1.56. The molecule has 45 heavy (non-hydrogen) atoms. The van der Waals surface area contributed by atoms with Crippen molar-refractivity contribution in [2.24, 2.45) is 0 Å². The Hall–Kier alpha value is -3.80. The van der Waals surface area contributed by atoms with Crippen LogP contribution < -0.4 is 10.6 Å². The Balaban J connectivity index is 1.37. The first-order valence-corrected chi connectivity index (χ1v) is 15.5. The van der Waals surface area contributed by atoms with Crippen LogP contribution in [0.15, 0.2) is 72.8 Å². The van der Waals surface area contributed by atoms with Gasteiger partial charge in [0.15, 0.2) is 6.29 Å². The second kappa shape index (κ2) is 17.0. The predicted octanol–water partition coefficient (Wildman–Crippen LogP) is 4.73. The van der Waals surface area contributed by atoms with Gasteiger partial charge in [-0.15, -0.1) is 0 Å². The van der Waals surface area contributed by atoms with E-state index in [1.165, 1.54) is 6.92 Å². The first-order valence-electron chi connectivity index (χ1n) is 15.5. The third-order valence-electron chi connectivity index (χ3n) is 7.79. The van der Waals surface area contributed by atoms with Gasteiger partial charge in [0.1, 0.15) is 5.75 Å². The lowest BCUT2D eigenvalue weighted by molar-refractivity contribution is -0.252. The number of aliphatic hydroxyl groups is 2. The van der Waals surface area contributed by atoms with Crippen LogP contribution in [0.5, 0.6) is 5.75 Å². The smallest absolute Gasteiger partial charge is 0.224 e. The Bertz CT molecular complexity index is 1370. The molecule has 242 valence electrons. The molecule has 1 saturated heterocycles. The summed E-state index contributed by atoms with van der Waals surface area (Å²) in [5, 5.41) is 35.7. The molecule has 5 N–H and O–H groups in total. The third-order valence-corrected chi connectivity index (χ3v) is 7.79. The van der Waals surface area contributed by atoms with E-state index < -0.39 is 12.4 Å². The minimum atomic E-state index is -0.772. The number of benzene rings is 3. The number of unbranched alkanes of at least 4 members (excludes halogenated alkanes) is 2. The Kier molecular flexibility index (Phi) is 12.9. The molecule has 10 heteroatoms. The van der Waals surface area contributed by atoms with E-state index in [4.69, 9.17) is 9.47 Å². The van der Waals surface area contributed by atoms with Crippen molar-refractivity contribution in [2.45, 2.75) is 70.2 Å². The molecule has 1 aliphatic heterocycles. The van der Waals surface area contributed by atoms with Crippen LogP contribution in [0.3, 0.4) is 0 Å². The van der Waals surface area contributed by atoms with Crippen LogP contribution in [0.25, 0.3) is 0 Å². The molecule has 0 aliphatic carbocycles. The topological polar surface area (TPSA) is 141 Å². The van der Waals surface area contributed by atoms with Gasteiger partial charge in [0.2, 0.25) is 11.8 Å². The fourth-order valence-electron chi connectivity index (χ4n) is 5.39. The van der Waals surface area contributed by atoms with Crippen LogP contribution in [-0.4, -0.2) is 64.8 Å². The summed E-state index contributed by atoms with van der Waals surface area (Å²) >= 11 is 0. The Labute approximate surface area is 265 Å². The quantitative estimate of drug-likeness (QED) is 0.154. The first kappa shape index (κ1) is 34.1. The van der Waals surface area contributed by atoms with Crippen molar-refractivity contribution in [3.05, 3.63) is 95.1 Å². The van der Waals surface area contributed by atoms with Crippen molar-refractivity contribution < 1.29 is 34.4 Å². The van der Waals surface area contributed by atoms with Crippen LogP contribution in [0.4, 0.5) is 5.69 Å². The molecule has 3 aromatic rings. The summed E-state index contributed by atoms with van der Waals surface area (Å²) in [6, 6.07) is 21.8. The van der Waals surface area contributed by atoms with Crippen LogP contribution in [0.1, 0.15) is 79.8 Å². The van der Waals surface area contributed by atoms with Gasteiger partial charge in [-0.25, -0.2) is 0 Å². The molecule has 0 saturated carbocycles. The number of hydrogen-bond donors (Lipinski definition) is 5. The van der Waals surface area contributed by atoms with Crippen molar-refractivity contribution in [1.82, 2.24) is 10.2 Å². The highest BCUT2D eigenvalue weighted by Gasteiger charge is 2.33. The number of aromatic hydroxyl groups is 1. The average Bonchev–Trinajstić information content (AvgIpc) is 3.02. The summed E-state index contributed by atoms with van der Waals surface area (Å²) in [5.41, 5.74) is 3.95. The number of anilines is 1. The third kappa shape index (κ3) is 10.9. The SMILES string of the molecule is CC(=O)NCCCCCC(=O)Nc1ccc([C@H]2O[C@@H](CN(C)C[C@@H](O)c3cccc(O)c3)C[C@@H](c3ccc(CO)cc3)O2)cc1. The van der Waals surface area contributed by atoms with Crippen molar-refractivity contribution >= 4 is 17.5 Å². The van der Waals surface area contributed by atoms with E-state index in [9.17, 15) is 24.9 Å². The molecule has 2 amide bonds. The number of aliphatic hydroxyl groups excluding tert-OH is 2. The zero-order valence-electron chi connectivity index (χ0n) is 26.0. The molecule has 0 spiro atoms. The maximum absolute atomic E-state index is 12.4. The van der Waals surface area contributed by atoms with Crippen molar-refractivity contribution in [2.75, 3.05) is 32.0 Å². The Morgan fingerprint density at radius 1 is 0.978 bits per heavy atom. The van der Waals surface area contributed by atoms with E-state index in [0.717, 1.165) is 36.0 Å². The molecule has 0 unspecified atom stereocenters. The Morgan fingerprint density at radius 2 is 1.71 bits per heavy atom. The maximum atomic E-state index is 12.4. The number of likely N-dealkylation sites (N-methyl/N-ethyl adjacent to an activating group) is 1. The number of ether oxygens (including phenoxy) is 2. The van der Waals surface area contributed by atoms with E-state index in [1.807, 2.05) is 60.5 Å². The summed E-state index contributed by atoms with van der Waals surface area (Å²) in [4.78, 5) is 25.4. The Morgan fingerprint density at radius 3 is 2.40 bits per heavy atom. The summed E-state index contributed by atoms with van der Waals surface area (Å²) in [7, 11) is 1.92. The lowest BCUT2D eigenvalue weighted by atomic mass is 9.99. The van der Waals surface area contributed by atoms with Crippen molar-refractivity contribution in [1.29, 1.82) is 0 Å². The van der Waals surface area contributed by atoms with Gasteiger partial charge in [-0.2, -0.15) is 0 Å². The zero-order chi connectivity index (χ0) is 32.2. The average molecular weight is 620 g/mol. The fraction of sp³-hybridized carbons (Fsp3) is 0.429. The number of rotatable bonds is 15. The maximum Gasteiger partial charge on any atom is 0.224 e. The number of hydrogen-bond acceptors (Lipinski definition) is 8. The monoisotopic (exact) mass is 619 g/mol. The van der Waals surface area contributed by atoms with E-state index in [2.05, 4.69) is 10.6 Å². The molecule has 3 aromatic carbocycles. The van der Waals surface area contributed by atoms with Gasteiger partial charge >= 0.3 is 0 Å². The summed E-state index contributed by atoms with van der Waals surface area (Å²) in [5.74, 6) is 0.00653. The molecule has 0 aromatic heterocycles. The van der Waals surface area contributed by atoms with Crippen LogP contribution in [0, 0.1) is 0 Å². The van der Waals surface area contributed by atoms with Gasteiger partial charge in [-0.1, -0.05) is 55.0 Å². The minimum Gasteiger partial charge on any atom is -0.508 e. The van der Waals surface area contributed by atoms with Crippen LogP contribution in [-0.2, 0) is 25.7 Å². The highest BCUT2D eigenvalue weighted by atomic mass is 16.7. The highest BCUT2D eigenvalue weighted by Crippen LogP contribution is 2.38. The molecule has 1 aliphatic rings. The van der Waals surface area contributed by atoms with Crippen molar-refractivity contribution in [3.63, 3.8) is 0 Å². The lowest BCUT2D eigenvalue weighted by Crippen LogP contribution is -2.39. The first-order chi connectivity index (χ1) is 21.7. The van der Waals surface area contributed by atoms with E-state index in [1.54, 1.807) is 24.3 Å². The number of nitrogens with one attached hydrogen (secondary N) is 2. The van der Waals surface area contributed by atoms with Gasteiger partial charge in [-0.3, -0.25) is 9.59 Å². The number of carbonyl (C=O) groups excluding carboxylic acids is 2. The van der Waals surface area contributed by atoms with Gasteiger partial charge in [-0.05, 0) is 60.8 Å². The number of amides is 2. The molecule has 1 heterocycles. The van der Waals surface area contributed by atoms with Crippen molar-refractivity contribution in [3.8, 4) is 5.75 Å². The van der Waals surface area contributed by atoms with Crippen LogP contribution >= 0.6 is 0 Å². The number of phenols is 1. The van der Waals surface area contributed by atoms with E-state index in [0.29, 0.717) is 43.7 Å². The fourth-order valence-corrected chi connectivity index (χ4v) is 5.39. The molecule has 1 fully saturated rings. The molecular formula is C35H45N3O7. The van der Waals surface area contributed by atoms with Gasteiger partial charge in [0.25, 0.3) is 0 Å². The summed E-state index contributed by atoms with van der Waals surface area (Å²) in [6.45, 7) is 2.98. The lowest BCUT2D eigenvalue weighted by Gasteiger charge is -2.38. The number of phenolic OH excluding ortho intramolecular Hbond substituents is 1. The molecule has 0 bridgehead atoms. The predicted molar refractivity (Wildman–Crippen MR) is 171 cm³/mol. The number of carbonyl (C=O) groups is 2. The second-order valence-corrected chi connectivity index (χ2v) is 11.6. The van der Waals surface area contributed by atoms with Gasteiger partial charge in [0, 0.05) is 50.7 Å². The van der Waals surface area contributed by atoms with Crippen LogP contribution in [0.2, 0.25) is 0 Å². The normalized spacial score (nSPS) is 18.8. The van der Waals surface area contributed by atoms with E-state index >= 15 is 0 Å². The second-order valence-electron chi connectivity index (χ2n) is 11.6. The molecular weight excluding hydrogens is 574 g/mol.